The van der Waals surface area contributed by atoms with Crippen LogP contribution in [0.25, 0.3) is 0 Å². The fraction of sp³-hybridized carbons (Fsp3) is 0.605. The van der Waals surface area contributed by atoms with Crippen LogP contribution in [0.2, 0.25) is 0 Å². The minimum Gasteiger partial charge on any atom is -0.508 e. The van der Waals surface area contributed by atoms with Gasteiger partial charge in [0.1, 0.15) is 18.4 Å². The third kappa shape index (κ3) is 8.93. The van der Waals surface area contributed by atoms with E-state index in [1.165, 1.54) is 5.56 Å². The molecule has 15 heteroatoms. The fourth-order valence-corrected chi connectivity index (χ4v) is 9.99. The van der Waals surface area contributed by atoms with Crippen LogP contribution in [-0.2, 0) is 39.8 Å². The molecule has 15 nitrogen and oxygen atoms in total. The zero-order valence-corrected chi connectivity index (χ0v) is 33.2. The highest BCUT2D eigenvalue weighted by molar-refractivity contribution is 6.25. The molecule has 7 atom stereocenters. The van der Waals surface area contributed by atoms with Crippen molar-refractivity contribution in [2.45, 2.75) is 88.9 Å². The summed E-state index contributed by atoms with van der Waals surface area (Å²) >= 11 is 0. The summed E-state index contributed by atoms with van der Waals surface area (Å²) in [6, 6.07) is 9.57. The molecular weight excluding hydrogens is 748 g/mol. The summed E-state index contributed by atoms with van der Waals surface area (Å²) in [5.41, 5.74) is 3.09. The van der Waals surface area contributed by atoms with Crippen LogP contribution in [0.3, 0.4) is 0 Å². The average Bonchev–Trinajstić information content (AvgIpc) is 3.65. The second-order valence-electron chi connectivity index (χ2n) is 16.4. The van der Waals surface area contributed by atoms with Gasteiger partial charge >= 0.3 is 0 Å². The standard InChI is InChI=1S/C43H56N4O11/c1-43-24-34(38-28-10-8-27(48)23-26(28)7-9-29(38)31(43)11-13-35(43)49)58-25-37(51)45-16-4-18-56-20-22-57-21-19-55-17-3-15-44-32-6-2-5-30-39(32)42(54)47(41(30)53)33-12-14-36(50)46-40(33)52/h2,5-6,8,10,23,29,31,33-35,38,44,48-49H,3-4,7,9,11-22,24-25H2,1H3,(H,45,51)(H,46,50,52). The van der Waals surface area contributed by atoms with Crippen molar-refractivity contribution in [3.05, 3.63) is 58.7 Å². The van der Waals surface area contributed by atoms with Crippen LogP contribution in [0.1, 0.15) is 96.1 Å². The van der Waals surface area contributed by atoms with Gasteiger partial charge < -0.3 is 39.8 Å². The number of aromatic hydroxyl groups is 1. The smallest absolute Gasteiger partial charge is 0.264 e. The summed E-state index contributed by atoms with van der Waals surface area (Å²) in [4.78, 5) is 63.9. The van der Waals surface area contributed by atoms with Gasteiger partial charge in [-0.2, -0.15) is 0 Å². The van der Waals surface area contributed by atoms with Gasteiger partial charge in [0.15, 0.2) is 0 Å². The first-order valence-corrected chi connectivity index (χ1v) is 20.8. The molecule has 2 saturated carbocycles. The Bertz CT molecular complexity index is 1860. The first-order valence-electron chi connectivity index (χ1n) is 20.8. The second kappa shape index (κ2) is 18.7. The lowest BCUT2D eigenvalue weighted by Gasteiger charge is -2.53. The van der Waals surface area contributed by atoms with E-state index >= 15 is 0 Å². The number of hydrogen-bond acceptors (Lipinski definition) is 12. The number of piperidine rings is 1. The van der Waals surface area contributed by atoms with Crippen LogP contribution in [0.15, 0.2) is 36.4 Å². The van der Waals surface area contributed by atoms with E-state index in [-0.39, 0.29) is 65.8 Å². The Kier molecular flexibility index (Phi) is 13.4. The van der Waals surface area contributed by atoms with Gasteiger partial charge in [-0.1, -0.05) is 19.1 Å². The Labute approximate surface area is 338 Å². The molecule has 2 aromatic rings. The molecule has 0 bridgehead atoms. The molecule has 5 N–H and O–H groups in total. The minimum atomic E-state index is -1.01. The van der Waals surface area contributed by atoms with Crippen molar-refractivity contribution in [1.82, 2.24) is 15.5 Å². The number of anilines is 1. The number of carbonyl (C=O) groups is 5. The van der Waals surface area contributed by atoms with E-state index in [1.807, 2.05) is 12.1 Å². The van der Waals surface area contributed by atoms with Gasteiger partial charge in [0.25, 0.3) is 11.8 Å². The number of nitrogens with zero attached hydrogens (tertiary/aromatic N) is 1. The van der Waals surface area contributed by atoms with Crippen molar-refractivity contribution >= 4 is 35.2 Å². The van der Waals surface area contributed by atoms with Crippen molar-refractivity contribution in [2.24, 2.45) is 17.3 Å². The molecule has 2 aromatic carbocycles. The number of rotatable bonds is 19. The number of ether oxygens (including phenoxy) is 4. The number of imide groups is 2. The number of fused-ring (bicyclic) bond motifs is 6. The molecule has 5 aliphatic rings. The Hall–Kier alpha value is -4.41. The maximum absolute atomic E-state index is 13.2. The molecule has 3 fully saturated rings. The predicted octanol–water partition coefficient (Wildman–Crippen LogP) is 3.06. The third-order valence-electron chi connectivity index (χ3n) is 12.8. The van der Waals surface area contributed by atoms with Crippen LogP contribution in [0.5, 0.6) is 5.75 Å². The fourth-order valence-electron chi connectivity index (χ4n) is 9.99. The number of amides is 5. The number of phenolic OH excluding ortho intramolecular Hbond substituents is 1. The summed E-state index contributed by atoms with van der Waals surface area (Å²) in [6.45, 7) is 5.66. The van der Waals surface area contributed by atoms with Crippen LogP contribution in [-0.4, -0.2) is 122 Å². The van der Waals surface area contributed by atoms with Gasteiger partial charge in [-0.15, -0.1) is 0 Å². The van der Waals surface area contributed by atoms with E-state index in [0.29, 0.717) is 89.5 Å². The SMILES string of the molecule is CC12CC(OCC(=O)NCCCOCCOCCOCCCNc3cccc4c3C(=O)N(C3CCC(=O)NC3=O)C4=O)C3c4ccc(O)cc4CCC3C1CCC2O. The molecule has 58 heavy (non-hydrogen) atoms. The maximum Gasteiger partial charge on any atom is 0.264 e. The monoisotopic (exact) mass is 804 g/mol. The highest BCUT2D eigenvalue weighted by Gasteiger charge is 2.58. The normalized spacial score (nSPS) is 27.4. The third-order valence-corrected chi connectivity index (χ3v) is 12.8. The Morgan fingerprint density at radius 1 is 0.897 bits per heavy atom. The predicted molar refractivity (Wildman–Crippen MR) is 210 cm³/mol. The molecule has 0 spiro atoms. The van der Waals surface area contributed by atoms with Crippen molar-refractivity contribution in [3.8, 4) is 5.75 Å². The summed E-state index contributed by atoms with van der Waals surface area (Å²) in [6.07, 6.45) is 5.31. The molecule has 1 saturated heterocycles. The number of phenols is 1. The molecule has 2 aliphatic heterocycles. The van der Waals surface area contributed by atoms with Gasteiger partial charge in [0.05, 0.1) is 49.8 Å². The summed E-state index contributed by atoms with van der Waals surface area (Å²) in [7, 11) is 0. The van der Waals surface area contributed by atoms with Crippen molar-refractivity contribution in [3.63, 3.8) is 0 Å². The minimum absolute atomic E-state index is 0.0452. The number of aryl methyl sites for hydroxylation is 1. The maximum atomic E-state index is 13.2. The molecule has 7 unspecified atom stereocenters. The van der Waals surface area contributed by atoms with Gasteiger partial charge in [-0.05, 0) is 104 Å². The van der Waals surface area contributed by atoms with Gasteiger partial charge in [0.2, 0.25) is 17.7 Å². The molecule has 0 aromatic heterocycles. The molecule has 3 aliphatic carbocycles. The van der Waals surface area contributed by atoms with Crippen LogP contribution in [0, 0.1) is 17.3 Å². The zero-order chi connectivity index (χ0) is 40.8. The van der Waals surface area contributed by atoms with Crippen molar-refractivity contribution in [2.75, 3.05) is 64.7 Å². The van der Waals surface area contributed by atoms with Gasteiger partial charge in [-0.25, -0.2) is 0 Å². The number of aliphatic hydroxyl groups is 1. The average molecular weight is 805 g/mol. The topological polar surface area (TPSA) is 202 Å². The molecule has 7 rings (SSSR count). The number of aliphatic hydroxyl groups excluding tert-OH is 1. The quantitative estimate of drug-likeness (QED) is 0.103. The summed E-state index contributed by atoms with van der Waals surface area (Å²) in [5, 5.41) is 29.4. The lowest BCUT2D eigenvalue weighted by atomic mass is 9.54. The van der Waals surface area contributed by atoms with E-state index in [4.69, 9.17) is 18.9 Å². The number of nitrogens with one attached hydrogen (secondary N) is 3. The molecular formula is C43H56N4O11. The van der Waals surface area contributed by atoms with Gasteiger partial charge in [-0.3, -0.25) is 34.2 Å². The van der Waals surface area contributed by atoms with E-state index < -0.39 is 29.7 Å². The molecule has 314 valence electrons. The molecule has 2 heterocycles. The first kappa shape index (κ1) is 41.7. The van der Waals surface area contributed by atoms with Gasteiger partial charge in [0, 0.05) is 44.3 Å². The lowest BCUT2D eigenvalue weighted by molar-refractivity contribution is -0.137. The zero-order valence-electron chi connectivity index (χ0n) is 33.2. The largest absolute Gasteiger partial charge is 0.508 e. The summed E-state index contributed by atoms with van der Waals surface area (Å²) < 4.78 is 23.3. The van der Waals surface area contributed by atoms with Crippen LogP contribution >= 0.6 is 0 Å². The first-order chi connectivity index (χ1) is 28.1. The van der Waals surface area contributed by atoms with E-state index in [1.54, 1.807) is 24.3 Å². The Balaban J connectivity index is 0.719. The highest BCUT2D eigenvalue weighted by Crippen LogP contribution is 2.61. The Morgan fingerprint density at radius 2 is 1.64 bits per heavy atom. The van der Waals surface area contributed by atoms with E-state index in [0.717, 1.165) is 36.1 Å². The Morgan fingerprint density at radius 3 is 2.40 bits per heavy atom. The lowest BCUT2D eigenvalue weighted by Crippen LogP contribution is -2.54. The van der Waals surface area contributed by atoms with Crippen LogP contribution in [0.4, 0.5) is 5.69 Å². The second-order valence-corrected chi connectivity index (χ2v) is 16.4. The van der Waals surface area contributed by atoms with Crippen molar-refractivity contribution < 1.29 is 53.1 Å². The number of hydrogen-bond donors (Lipinski definition) is 5. The summed E-state index contributed by atoms with van der Waals surface area (Å²) in [5.74, 6) is -1.13. The number of carbonyl (C=O) groups excluding carboxylic acids is 5. The molecule has 5 amide bonds. The van der Waals surface area contributed by atoms with E-state index in [2.05, 4.69) is 22.9 Å². The highest BCUT2D eigenvalue weighted by atomic mass is 16.5. The molecule has 0 radical (unpaired) electrons. The number of benzene rings is 2. The van der Waals surface area contributed by atoms with E-state index in [9.17, 15) is 34.2 Å². The van der Waals surface area contributed by atoms with Crippen molar-refractivity contribution in [1.29, 1.82) is 0 Å². The van der Waals surface area contributed by atoms with Crippen LogP contribution < -0.4 is 16.0 Å².